The second kappa shape index (κ2) is 9.84. The highest BCUT2D eigenvalue weighted by atomic mass is 32.2. The van der Waals surface area contributed by atoms with E-state index in [1.54, 1.807) is 29.3 Å². The second-order valence-corrected chi connectivity index (χ2v) is 9.66. The molecule has 1 N–H and O–H groups in total. The van der Waals surface area contributed by atoms with Crippen LogP contribution in [0.25, 0.3) is 0 Å². The summed E-state index contributed by atoms with van der Waals surface area (Å²) in [6.45, 7) is 2.03. The number of amides is 2. The van der Waals surface area contributed by atoms with Gasteiger partial charge < -0.3 is 5.32 Å². The van der Waals surface area contributed by atoms with Crippen molar-refractivity contribution in [3.05, 3.63) is 101 Å². The molecule has 2 aliphatic rings. The molecule has 3 aromatic rings. The lowest BCUT2D eigenvalue weighted by Gasteiger charge is -2.23. The van der Waals surface area contributed by atoms with Gasteiger partial charge in [-0.3, -0.25) is 9.59 Å². The van der Waals surface area contributed by atoms with E-state index in [0.717, 1.165) is 22.4 Å². The summed E-state index contributed by atoms with van der Waals surface area (Å²) >= 11 is 1.25. The van der Waals surface area contributed by atoms with E-state index in [-0.39, 0.29) is 30.1 Å². The third-order valence-corrected chi connectivity index (χ3v) is 7.05. The third-order valence-electron chi connectivity index (χ3n) is 5.90. The van der Waals surface area contributed by atoms with Crippen LogP contribution in [-0.4, -0.2) is 33.0 Å². The molecule has 0 aliphatic carbocycles. The van der Waals surface area contributed by atoms with Gasteiger partial charge in [0.15, 0.2) is 5.17 Å². The Kier molecular flexibility index (Phi) is 6.46. The summed E-state index contributed by atoms with van der Waals surface area (Å²) in [5.41, 5.74) is 4.47. The normalized spacial score (nSPS) is 19.5. The van der Waals surface area contributed by atoms with Crippen LogP contribution in [-0.2, 0) is 9.59 Å². The molecule has 176 valence electrons. The van der Waals surface area contributed by atoms with E-state index >= 15 is 0 Å². The summed E-state index contributed by atoms with van der Waals surface area (Å²) in [5.74, 6) is -0.899. The zero-order chi connectivity index (χ0) is 24.4. The third kappa shape index (κ3) is 5.17. The van der Waals surface area contributed by atoms with Crippen molar-refractivity contribution in [1.29, 1.82) is 0 Å². The topological polar surface area (TPSA) is 74.1 Å². The van der Waals surface area contributed by atoms with Crippen molar-refractivity contribution in [1.82, 2.24) is 5.01 Å². The lowest BCUT2D eigenvalue weighted by atomic mass is 9.98. The Morgan fingerprint density at radius 1 is 1.06 bits per heavy atom. The lowest BCUT2D eigenvalue weighted by molar-refractivity contribution is -0.121. The summed E-state index contributed by atoms with van der Waals surface area (Å²) in [7, 11) is 0. The lowest BCUT2D eigenvalue weighted by Crippen LogP contribution is -2.25. The van der Waals surface area contributed by atoms with Gasteiger partial charge in [0.05, 0.1) is 11.8 Å². The van der Waals surface area contributed by atoms with Crippen LogP contribution >= 0.6 is 11.8 Å². The molecule has 0 unspecified atom stereocenters. The number of aliphatic imine (C=N–C) groups is 1. The first-order chi connectivity index (χ1) is 17.0. The first-order valence-corrected chi connectivity index (χ1v) is 12.2. The molecule has 2 heterocycles. The highest BCUT2D eigenvalue weighted by Crippen LogP contribution is 2.38. The number of aryl methyl sites for hydroxylation is 1. The van der Waals surface area contributed by atoms with E-state index < -0.39 is 5.25 Å². The van der Waals surface area contributed by atoms with E-state index in [1.165, 1.54) is 23.9 Å². The summed E-state index contributed by atoms with van der Waals surface area (Å²) in [6.07, 6.45) is 0.602. The number of anilines is 1. The van der Waals surface area contributed by atoms with E-state index in [0.29, 0.717) is 17.3 Å². The molecule has 35 heavy (non-hydrogen) atoms. The first-order valence-electron chi connectivity index (χ1n) is 11.3. The number of hydrazone groups is 1. The maximum absolute atomic E-state index is 13.5. The second-order valence-electron chi connectivity index (χ2n) is 8.49. The Morgan fingerprint density at radius 3 is 2.49 bits per heavy atom. The minimum Gasteiger partial charge on any atom is -0.326 e. The fraction of sp³-hybridized carbons (Fsp3) is 0.185. The molecule has 8 heteroatoms. The molecule has 0 fully saturated rings. The van der Waals surface area contributed by atoms with Crippen molar-refractivity contribution in [2.75, 3.05) is 5.32 Å². The van der Waals surface area contributed by atoms with Crippen molar-refractivity contribution in [2.24, 2.45) is 10.1 Å². The van der Waals surface area contributed by atoms with E-state index in [4.69, 9.17) is 5.10 Å². The Balaban J connectivity index is 1.36. The van der Waals surface area contributed by atoms with Crippen LogP contribution in [0.2, 0.25) is 0 Å². The predicted molar refractivity (Wildman–Crippen MR) is 137 cm³/mol. The molecule has 0 radical (unpaired) electrons. The van der Waals surface area contributed by atoms with Gasteiger partial charge in [-0.15, -0.1) is 0 Å². The maximum atomic E-state index is 13.5. The molecule has 3 aromatic carbocycles. The van der Waals surface area contributed by atoms with Gasteiger partial charge in [0.2, 0.25) is 5.91 Å². The van der Waals surface area contributed by atoms with Crippen LogP contribution in [0.3, 0.4) is 0 Å². The van der Waals surface area contributed by atoms with Gasteiger partial charge in [0.1, 0.15) is 11.1 Å². The summed E-state index contributed by atoms with van der Waals surface area (Å²) in [4.78, 5) is 29.5. The number of benzene rings is 3. The van der Waals surface area contributed by atoms with Gasteiger partial charge in [-0.05, 0) is 42.3 Å². The minimum absolute atomic E-state index is 0.0168. The van der Waals surface area contributed by atoms with Crippen LogP contribution in [0, 0.1) is 12.7 Å². The Bertz CT molecular complexity index is 1310. The molecule has 2 atom stereocenters. The van der Waals surface area contributed by atoms with Crippen LogP contribution in [0.4, 0.5) is 10.1 Å². The summed E-state index contributed by atoms with van der Waals surface area (Å²) in [6, 6.07) is 23.4. The average molecular weight is 487 g/mol. The average Bonchev–Trinajstić information content (AvgIpc) is 3.45. The maximum Gasteiger partial charge on any atom is 0.262 e. The molecule has 0 saturated heterocycles. The molecule has 0 bridgehead atoms. The number of amidine groups is 1. The smallest absolute Gasteiger partial charge is 0.262 e. The highest BCUT2D eigenvalue weighted by Gasteiger charge is 2.39. The van der Waals surface area contributed by atoms with Gasteiger partial charge >= 0.3 is 0 Å². The monoisotopic (exact) mass is 486 g/mol. The zero-order valence-electron chi connectivity index (χ0n) is 19.0. The Morgan fingerprint density at radius 2 is 1.77 bits per heavy atom. The number of hydrogen-bond donors (Lipinski definition) is 1. The van der Waals surface area contributed by atoms with Gasteiger partial charge in [0.25, 0.3) is 5.91 Å². The number of rotatable bonds is 5. The number of carbonyl (C=O) groups is 2. The first kappa shape index (κ1) is 23.0. The van der Waals surface area contributed by atoms with E-state index in [1.807, 2.05) is 49.4 Å². The van der Waals surface area contributed by atoms with Crippen LogP contribution in [0.15, 0.2) is 89.0 Å². The van der Waals surface area contributed by atoms with E-state index in [2.05, 4.69) is 10.3 Å². The number of para-hydroxylation sites is 1. The Hall–Kier alpha value is -3.78. The van der Waals surface area contributed by atoms with Gasteiger partial charge in [-0.25, -0.2) is 9.40 Å². The number of nitrogens with zero attached hydrogens (tertiary/aromatic N) is 3. The number of carbonyl (C=O) groups excluding carboxylic acids is 2. The zero-order valence-corrected chi connectivity index (χ0v) is 19.8. The van der Waals surface area contributed by atoms with Crippen molar-refractivity contribution in [3.8, 4) is 0 Å². The summed E-state index contributed by atoms with van der Waals surface area (Å²) < 4.78 is 13.5. The number of halogens is 1. The highest BCUT2D eigenvalue weighted by molar-refractivity contribution is 8.15. The molecule has 5 rings (SSSR count). The summed E-state index contributed by atoms with van der Waals surface area (Å²) in [5, 5.41) is 9.23. The van der Waals surface area contributed by atoms with Crippen LogP contribution in [0.1, 0.15) is 35.6 Å². The van der Waals surface area contributed by atoms with Crippen LogP contribution < -0.4 is 5.32 Å². The van der Waals surface area contributed by atoms with E-state index in [9.17, 15) is 14.0 Å². The van der Waals surface area contributed by atoms with Gasteiger partial charge in [0, 0.05) is 18.5 Å². The van der Waals surface area contributed by atoms with Crippen molar-refractivity contribution >= 4 is 40.1 Å². The quantitative estimate of drug-likeness (QED) is 0.530. The molecule has 2 aliphatic heterocycles. The molecular formula is C27H23FN4O2S. The Labute approximate surface area is 207 Å². The molecule has 0 spiro atoms. The standard InChI is InChI=1S/C27H23FN4O2S/c1-17-7-9-19(10-8-17)23-15-22(18-11-13-20(28)14-12-18)31-32(23)27-30-26(34)24(35-27)16-25(33)29-21-5-3-2-4-6-21/h2-14,23-24H,15-16H2,1H3,(H,29,33)/t23-,24+/m1/s1. The van der Waals surface area contributed by atoms with Gasteiger partial charge in [-0.1, -0.05) is 71.9 Å². The predicted octanol–water partition coefficient (Wildman–Crippen LogP) is 5.31. The SMILES string of the molecule is Cc1ccc([C@H]2CC(c3ccc(F)cc3)=NN2C2=NC(=O)[C@H](CC(=O)Nc3ccccc3)S2)cc1. The van der Waals surface area contributed by atoms with Crippen molar-refractivity contribution in [3.63, 3.8) is 0 Å². The number of thioether (sulfide) groups is 1. The minimum atomic E-state index is -0.613. The molecule has 6 nitrogen and oxygen atoms in total. The number of nitrogens with one attached hydrogen (secondary N) is 1. The van der Waals surface area contributed by atoms with Crippen LogP contribution in [0.5, 0.6) is 0 Å². The molecular weight excluding hydrogens is 463 g/mol. The number of hydrogen-bond acceptors (Lipinski definition) is 5. The van der Waals surface area contributed by atoms with Gasteiger partial charge in [-0.2, -0.15) is 10.1 Å². The largest absolute Gasteiger partial charge is 0.326 e. The fourth-order valence-corrected chi connectivity index (χ4v) is 5.12. The van der Waals surface area contributed by atoms with Crippen molar-refractivity contribution < 1.29 is 14.0 Å². The molecule has 2 amide bonds. The fourth-order valence-electron chi connectivity index (χ4n) is 4.06. The molecule has 0 aromatic heterocycles. The molecule has 0 saturated carbocycles. The van der Waals surface area contributed by atoms with Crippen molar-refractivity contribution in [2.45, 2.75) is 31.1 Å².